The summed E-state index contributed by atoms with van der Waals surface area (Å²) in [6.45, 7) is 2.00. The first kappa shape index (κ1) is 30.3. The van der Waals surface area contributed by atoms with Crippen molar-refractivity contribution in [1.82, 2.24) is 10.4 Å². The number of thiazole rings is 1. The number of hydrogen-bond donors (Lipinski definition) is 3. The third-order valence-corrected chi connectivity index (χ3v) is 7.21. The van der Waals surface area contributed by atoms with Gasteiger partial charge in [0.05, 0.1) is 29.2 Å². The molecule has 5 rings (SSSR count). The smallest absolute Gasteiger partial charge is 0.271 e. The minimum atomic E-state index is -0.363. The van der Waals surface area contributed by atoms with Gasteiger partial charge in [-0.1, -0.05) is 54.1 Å². The van der Waals surface area contributed by atoms with Gasteiger partial charge in [0.2, 0.25) is 0 Å². The van der Waals surface area contributed by atoms with Crippen molar-refractivity contribution in [2.45, 2.75) is 6.92 Å². The van der Waals surface area contributed by atoms with Crippen LogP contribution in [0, 0.1) is 0 Å². The zero-order valence-electron chi connectivity index (χ0n) is 23.6. The molecular formula is C33H28ClN5O4S. The first-order valence-electron chi connectivity index (χ1n) is 13.6. The van der Waals surface area contributed by atoms with Gasteiger partial charge in [0.1, 0.15) is 0 Å². The van der Waals surface area contributed by atoms with Gasteiger partial charge < -0.3 is 20.1 Å². The van der Waals surface area contributed by atoms with Crippen LogP contribution in [0.2, 0.25) is 5.02 Å². The number of para-hydroxylation sites is 2. The first-order valence-corrected chi connectivity index (χ1v) is 14.9. The van der Waals surface area contributed by atoms with E-state index in [0.29, 0.717) is 39.9 Å². The van der Waals surface area contributed by atoms with Crippen molar-refractivity contribution in [2.75, 3.05) is 23.8 Å². The highest BCUT2D eigenvalue weighted by Gasteiger charge is 2.11. The molecule has 0 atom stereocenters. The molecule has 1 aromatic heterocycles. The van der Waals surface area contributed by atoms with E-state index in [-0.39, 0.29) is 18.4 Å². The number of amides is 2. The topological polar surface area (TPSA) is 114 Å². The fourth-order valence-corrected chi connectivity index (χ4v) is 4.94. The molecule has 0 bridgehead atoms. The van der Waals surface area contributed by atoms with Gasteiger partial charge in [0.15, 0.2) is 23.2 Å². The summed E-state index contributed by atoms with van der Waals surface area (Å²) < 4.78 is 11.4. The van der Waals surface area contributed by atoms with E-state index in [1.54, 1.807) is 54.6 Å². The zero-order chi connectivity index (χ0) is 30.7. The number of hydrogen-bond acceptors (Lipinski definition) is 8. The Hall–Kier alpha value is -5.19. The molecule has 222 valence electrons. The van der Waals surface area contributed by atoms with Gasteiger partial charge >= 0.3 is 0 Å². The van der Waals surface area contributed by atoms with E-state index in [1.165, 1.54) is 17.6 Å². The molecule has 11 heteroatoms. The first-order chi connectivity index (χ1) is 21.5. The maximum absolute atomic E-state index is 12.7. The lowest BCUT2D eigenvalue weighted by atomic mass is 10.1. The molecule has 4 aromatic carbocycles. The van der Waals surface area contributed by atoms with E-state index in [1.807, 2.05) is 54.8 Å². The molecule has 0 radical (unpaired) electrons. The molecule has 5 aromatic rings. The summed E-state index contributed by atoms with van der Waals surface area (Å²) in [6.07, 6.45) is 1.50. The van der Waals surface area contributed by atoms with Crippen LogP contribution in [-0.4, -0.2) is 36.2 Å². The lowest BCUT2D eigenvalue weighted by molar-refractivity contribution is -0.118. The van der Waals surface area contributed by atoms with Crippen LogP contribution in [0.25, 0.3) is 11.3 Å². The molecule has 0 saturated heterocycles. The van der Waals surface area contributed by atoms with Crippen LogP contribution in [-0.2, 0) is 4.79 Å². The number of benzene rings is 4. The summed E-state index contributed by atoms with van der Waals surface area (Å²) in [5.41, 5.74) is 6.85. The number of carbonyl (C=O) groups excluding carboxylic acids is 2. The second-order valence-corrected chi connectivity index (χ2v) is 10.5. The van der Waals surface area contributed by atoms with Crippen LogP contribution in [0.4, 0.5) is 16.5 Å². The van der Waals surface area contributed by atoms with Crippen LogP contribution in [0.3, 0.4) is 0 Å². The molecule has 0 spiro atoms. The third kappa shape index (κ3) is 8.21. The molecular weight excluding hydrogens is 598 g/mol. The minimum Gasteiger partial charge on any atom is -0.490 e. The van der Waals surface area contributed by atoms with Crippen LogP contribution in [0.5, 0.6) is 11.5 Å². The van der Waals surface area contributed by atoms with Gasteiger partial charge in [-0.3, -0.25) is 9.59 Å². The quantitative estimate of drug-likeness (QED) is 0.0984. The van der Waals surface area contributed by atoms with E-state index >= 15 is 0 Å². The van der Waals surface area contributed by atoms with Crippen molar-refractivity contribution in [1.29, 1.82) is 0 Å². The van der Waals surface area contributed by atoms with Crippen molar-refractivity contribution in [3.8, 4) is 22.8 Å². The maximum atomic E-state index is 12.7. The van der Waals surface area contributed by atoms with Crippen molar-refractivity contribution in [3.05, 3.63) is 119 Å². The number of carbonyl (C=O) groups is 2. The molecule has 9 nitrogen and oxygen atoms in total. The van der Waals surface area contributed by atoms with Gasteiger partial charge in [0, 0.05) is 22.2 Å². The number of ether oxygens (including phenoxy) is 2. The number of halogens is 1. The Labute approximate surface area is 263 Å². The number of nitrogens with one attached hydrogen (secondary N) is 3. The Morgan fingerprint density at radius 1 is 0.932 bits per heavy atom. The van der Waals surface area contributed by atoms with Crippen LogP contribution in [0.15, 0.2) is 108 Å². The Balaban J connectivity index is 1.15. The van der Waals surface area contributed by atoms with Crippen LogP contribution in [0.1, 0.15) is 22.8 Å². The Bertz CT molecular complexity index is 1760. The Morgan fingerprint density at radius 2 is 1.70 bits per heavy atom. The van der Waals surface area contributed by atoms with E-state index in [2.05, 4.69) is 26.1 Å². The van der Waals surface area contributed by atoms with Gasteiger partial charge in [-0.05, 0) is 67.1 Å². The van der Waals surface area contributed by atoms with E-state index in [9.17, 15) is 9.59 Å². The number of hydrazone groups is 1. The Kier molecular flexibility index (Phi) is 10.2. The molecule has 0 aliphatic rings. The molecule has 0 saturated carbocycles. The van der Waals surface area contributed by atoms with Crippen molar-refractivity contribution >= 4 is 57.5 Å². The van der Waals surface area contributed by atoms with Crippen molar-refractivity contribution < 1.29 is 19.1 Å². The monoisotopic (exact) mass is 625 g/mol. The molecule has 0 aliphatic carbocycles. The standard InChI is InChI=1S/C33H28ClN5O4S/c1-2-42-30-18-22(12-17-29(30)43-20-31(40)37-27-11-7-6-10-26(27)34)19-35-39-32(41)24-15-13-23(14-16-24)28-21-44-33(38-28)36-25-8-4-3-5-9-25/h3-19,21H,2,20H2,1H3,(H,36,38)(H,37,40)(H,39,41)/b35-19+. The summed E-state index contributed by atoms with van der Waals surface area (Å²) in [7, 11) is 0. The number of anilines is 3. The van der Waals surface area contributed by atoms with Crippen LogP contribution >= 0.6 is 22.9 Å². The zero-order valence-corrected chi connectivity index (χ0v) is 25.2. The molecule has 3 N–H and O–H groups in total. The second-order valence-electron chi connectivity index (χ2n) is 9.26. The average molecular weight is 626 g/mol. The number of aromatic nitrogens is 1. The van der Waals surface area contributed by atoms with Gasteiger partial charge in [-0.2, -0.15) is 5.10 Å². The predicted molar refractivity (Wildman–Crippen MR) is 176 cm³/mol. The maximum Gasteiger partial charge on any atom is 0.271 e. The normalized spacial score (nSPS) is 10.8. The second kappa shape index (κ2) is 14.8. The van der Waals surface area contributed by atoms with Gasteiger partial charge in [-0.25, -0.2) is 10.4 Å². The minimum absolute atomic E-state index is 0.234. The number of nitrogens with zero attached hydrogens (tertiary/aromatic N) is 2. The third-order valence-electron chi connectivity index (χ3n) is 6.13. The highest BCUT2D eigenvalue weighted by Crippen LogP contribution is 2.29. The summed E-state index contributed by atoms with van der Waals surface area (Å²) in [5.74, 6) is 0.115. The SMILES string of the molecule is CCOc1cc(/C=N/NC(=O)c2ccc(-c3csc(Nc4ccccc4)n3)cc2)ccc1OCC(=O)Nc1ccccc1Cl. The molecule has 1 heterocycles. The van der Waals surface area contributed by atoms with Crippen LogP contribution < -0.4 is 25.5 Å². The predicted octanol–water partition coefficient (Wildman–Crippen LogP) is 7.39. The van der Waals surface area contributed by atoms with Crippen molar-refractivity contribution in [3.63, 3.8) is 0 Å². The van der Waals surface area contributed by atoms with E-state index in [4.69, 9.17) is 21.1 Å². The molecule has 0 unspecified atom stereocenters. The highest BCUT2D eigenvalue weighted by atomic mass is 35.5. The summed E-state index contributed by atoms with van der Waals surface area (Å²) in [6, 6.07) is 29.1. The molecule has 0 aliphatic heterocycles. The molecule has 0 fully saturated rings. The summed E-state index contributed by atoms with van der Waals surface area (Å²) in [5, 5.41) is 13.3. The van der Waals surface area contributed by atoms with E-state index < -0.39 is 0 Å². The van der Waals surface area contributed by atoms with Gasteiger partial charge in [0.25, 0.3) is 11.8 Å². The van der Waals surface area contributed by atoms with E-state index in [0.717, 1.165) is 22.1 Å². The molecule has 44 heavy (non-hydrogen) atoms. The molecule has 2 amide bonds. The number of rotatable bonds is 12. The van der Waals surface area contributed by atoms with Gasteiger partial charge in [-0.15, -0.1) is 11.3 Å². The summed E-state index contributed by atoms with van der Waals surface area (Å²) in [4.78, 5) is 29.7. The fraction of sp³-hybridized carbons (Fsp3) is 0.0909. The Morgan fingerprint density at radius 3 is 2.48 bits per heavy atom. The highest BCUT2D eigenvalue weighted by molar-refractivity contribution is 7.14. The summed E-state index contributed by atoms with van der Waals surface area (Å²) >= 11 is 7.61. The average Bonchev–Trinajstić information content (AvgIpc) is 3.51. The largest absolute Gasteiger partial charge is 0.490 e. The lowest BCUT2D eigenvalue weighted by Crippen LogP contribution is -2.20. The fourth-order valence-electron chi connectivity index (χ4n) is 4.02. The lowest BCUT2D eigenvalue weighted by Gasteiger charge is -2.13. The van der Waals surface area contributed by atoms with Crippen molar-refractivity contribution in [2.24, 2.45) is 5.10 Å².